The van der Waals surface area contributed by atoms with Gasteiger partial charge in [0.2, 0.25) is 5.90 Å². The molecule has 2 rings (SSSR count). The SMILES string of the molecule is CCOC(=Nc1ccccc1)C(=C=O)Sc1ccccc1. The lowest BCUT2D eigenvalue weighted by Crippen LogP contribution is -2.06. The first kappa shape index (κ1) is 15.1. The van der Waals surface area contributed by atoms with Gasteiger partial charge in [-0.1, -0.05) is 48.2 Å². The number of rotatable bonds is 5. The van der Waals surface area contributed by atoms with Crippen LogP contribution in [0, 0.1) is 0 Å². The van der Waals surface area contributed by atoms with E-state index in [0.717, 1.165) is 10.6 Å². The lowest BCUT2D eigenvalue weighted by molar-refractivity contribution is 0.330. The molecule has 0 spiro atoms. The molecule has 0 aliphatic heterocycles. The molecule has 0 N–H and O–H groups in total. The zero-order valence-corrected chi connectivity index (χ0v) is 12.5. The van der Waals surface area contributed by atoms with E-state index in [4.69, 9.17) is 4.74 Å². The Morgan fingerprint density at radius 3 is 2.29 bits per heavy atom. The molecule has 0 saturated carbocycles. The molecular weight excluding hydrogens is 282 g/mol. The number of thioether (sulfide) groups is 1. The summed E-state index contributed by atoms with van der Waals surface area (Å²) >= 11 is 1.29. The first-order valence-electron chi connectivity index (χ1n) is 6.58. The molecule has 21 heavy (non-hydrogen) atoms. The van der Waals surface area contributed by atoms with Crippen LogP contribution in [0.2, 0.25) is 0 Å². The number of ether oxygens (including phenoxy) is 1. The summed E-state index contributed by atoms with van der Waals surface area (Å²) in [6.07, 6.45) is 0. The van der Waals surface area contributed by atoms with Gasteiger partial charge in [0.25, 0.3) is 0 Å². The predicted octanol–water partition coefficient (Wildman–Crippen LogP) is 4.26. The summed E-state index contributed by atoms with van der Waals surface area (Å²) in [4.78, 5) is 16.9. The van der Waals surface area contributed by atoms with Crippen LogP contribution in [0.15, 0.2) is 75.5 Å². The van der Waals surface area contributed by atoms with Crippen LogP contribution in [-0.4, -0.2) is 18.4 Å². The Hall–Kier alpha value is -2.29. The Bertz CT molecular complexity index is 647. The monoisotopic (exact) mass is 297 g/mol. The molecule has 0 atom stereocenters. The van der Waals surface area contributed by atoms with Crippen molar-refractivity contribution in [2.24, 2.45) is 4.99 Å². The number of carbonyl (C=O) groups excluding carboxylic acids is 1. The Morgan fingerprint density at radius 2 is 1.71 bits per heavy atom. The van der Waals surface area contributed by atoms with Gasteiger partial charge in [0, 0.05) is 4.90 Å². The number of hydrogen-bond acceptors (Lipinski definition) is 4. The van der Waals surface area contributed by atoms with E-state index >= 15 is 0 Å². The van der Waals surface area contributed by atoms with Crippen LogP contribution in [0.4, 0.5) is 5.69 Å². The molecule has 0 aliphatic carbocycles. The van der Waals surface area contributed by atoms with Crippen molar-refractivity contribution >= 4 is 29.3 Å². The van der Waals surface area contributed by atoms with Gasteiger partial charge in [0.05, 0.1) is 12.3 Å². The average molecular weight is 297 g/mol. The zero-order chi connectivity index (χ0) is 14.9. The van der Waals surface area contributed by atoms with Crippen LogP contribution in [0.5, 0.6) is 0 Å². The van der Waals surface area contributed by atoms with Gasteiger partial charge >= 0.3 is 0 Å². The quantitative estimate of drug-likeness (QED) is 0.358. The molecule has 4 heteroatoms. The van der Waals surface area contributed by atoms with E-state index in [9.17, 15) is 4.79 Å². The van der Waals surface area contributed by atoms with E-state index in [2.05, 4.69) is 4.99 Å². The topological polar surface area (TPSA) is 38.7 Å². The summed E-state index contributed by atoms with van der Waals surface area (Å²) in [5, 5.41) is 0. The molecule has 0 heterocycles. The highest BCUT2D eigenvalue weighted by atomic mass is 32.2. The molecule has 0 bridgehead atoms. The molecule has 0 saturated heterocycles. The van der Waals surface area contributed by atoms with Crippen LogP contribution >= 0.6 is 11.8 Å². The third kappa shape index (κ3) is 4.63. The van der Waals surface area contributed by atoms with Gasteiger partial charge in [-0.2, -0.15) is 0 Å². The second kappa shape index (κ2) is 8.10. The summed E-state index contributed by atoms with van der Waals surface area (Å²) in [6, 6.07) is 19.0. The fourth-order valence-electron chi connectivity index (χ4n) is 1.62. The van der Waals surface area contributed by atoms with Crippen molar-refractivity contribution in [1.82, 2.24) is 0 Å². The van der Waals surface area contributed by atoms with Crippen molar-refractivity contribution < 1.29 is 9.53 Å². The second-order valence-electron chi connectivity index (χ2n) is 4.03. The Balaban J connectivity index is 2.27. The summed E-state index contributed by atoms with van der Waals surface area (Å²) in [6.45, 7) is 2.29. The number of para-hydroxylation sites is 1. The highest BCUT2D eigenvalue weighted by Crippen LogP contribution is 2.27. The maximum Gasteiger partial charge on any atom is 0.239 e. The minimum atomic E-state index is 0.299. The van der Waals surface area contributed by atoms with Gasteiger partial charge in [-0.15, -0.1) is 0 Å². The molecule has 2 aromatic carbocycles. The summed E-state index contributed by atoms with van der Waals surface area (Å²) in [7, 11) is 0. The van der Waals surface area contributed by atoms with Gasteiger partial charge in [-0.3, -0.25) is 0 Å². The molecule has 0 aliphatic rings. The van der Waals surface area contributed by atoms with E-state index < -0.39 is 0 Å². The Kier molecular flexibility index (Phi) is 5.83. The Morgan fingerprint density at radius 1 is 1.10 bits per heavy atom. The van der Waals surface area contributed by atoms with Crippen LogP contribution < -0.4 is 0 Å². The van der Waals surface area contributed by atoms with Crippen molar-refractivity contribution in [2.45, 2.75) is 11.8 Å². The molecule has 3 nitrogen and oxygen atoms in total. The molecule has 0 fully saturated rings. The maximum atomic E-state index is 11.3. The van der Waals surface area contributed by atoms with Crippen molar-refractivity contribution in [2.75, 3.05) is 6.61 Å². The van der Waals surface area contributed by atoms with Crippen molar-refractivity contribution in [3.63, 3.8) is 0 Å². The van der Waals surface area contributed by atoms with Gasteiger partial charge in [-0.25, -0.2) is 9.79 Å². The number of benzene rings is 2. The third-order valence-corrected chi connectivity index (χ3v) is 3.49. The normalized spacial score (nSPS) is 10.8. The lowest BCUT2D eigenvalue weighted by Gasteiger charge is -2.08. The fraction of sp³-hybridized carbons (Fsp3) is 0.118. The molecular formula is C17H15NO2S. The summed E-state index contributed by atoms with van der Waals surface area (Å²) in [5.74, 6) is 2.23. The fourth-order valence-corrected chi connectivity index (χ4v) is 2.38. The van der Waals surface area contributed by atoms with E-state index in [-0.39, 0.29) is 0 Å². The van der Waals surface area contributed by atoms with Crippen LogP contribution in [0.1, 0.15) is 6.92 Å². The third-order valence-electron chi connectivity index (χ3n) is 2.52. The van der Waals surface area contributed by atoms with Crippen LogP contribution in [0.25, 0.3) is 0 Å². The lowest BCUT2D eigenvalue weighted by atomic mass is 10.3. The molecule has 0 amide bonds. The van der Waals surface area contributed by atoms with Gasteiger partial charge in [0.15, 0.2) is 4.91 Å². The van der Waals surface area contributed by atoms with E-state index in [1.807, 2.05) is 73.5 Å². The molecule has 2 aromatic rings. The second-order valence-corrected chi connectivity index (χ2v) is 5.12. The first-order chi connectivity index (χ1) is 10.3. The van der Waals surface area contributed by atoms with Crippen molar-refractivity contribution in [3.05, 3.63) is 65.6 Å². The van der Waals surface area contributed by atoms with E-state index in [0.29, 0.717) is 17.4 Å². The van der Waals surface area contributed by atoms with E-state index in [1.54, 1.807) is 0 Å². The molecule has 0 aromatic heterocycles. The zero-order valence-electron chi connectivity index (χ0n) is 11.7. The largest absolute Gasteiger partial charge is 0.477 e. The van der Waals surface area contributed by atoms with Crippen LogP contribution in [-0.2, 0) is 9.53 Å². The number of nitrogens with zero attached hydrogens (tertiary/aromatic N) is 1. The summed E-state index contributed by atoms with van der Waals surface area (Å²) < 4.78 is 5.50. The summed E-state index contributed by atoms with van der Waals surface area (Å²) in [5.41, 5.74) is 0.738. The van der Waals surface area contributed by atoms with E-state index in [1.165, 1.54) is 11.8 Å². The predicted molar refractivity (Wildman–Crippen MR) is 86.7 cm³/mol. The molecule has 106 valence electrons. The van der Waals surface area contributed by atoms with Gasteiger partial charge < -0.3 is 4.74 Å². The highest BCUT2D eigenvalue weighted by molar-refractivity contribution is 8.04. The smallest absolute Gasteiger partial charge is 0.239 e. The minimum Gasteiger partial charge on any atom is -0.477 e. The first-order valence-corrected chi connectivity index (χ1v) is 7.40. The van der Waals surface area contributed by atoms with Gasteiger partial charge in [-0.05, 0) is 31.2 Å². The van der Waals surface area contributed by atoms with Crippen molar-refractivity contribution in [3.8, 4) is 0 Å². The average Bonchev–Trinajstić information content (AvgIpc) is 2.54. The maximum absolute atomic E-state index is 11.3. The minimum absolute atomic E-state index is 0.299. The van der Waals surface area contributed by atoms with Crippen molar-refractivity contribution in [1.29, 1.82) is 0 Å². The standard InChI is InChI=1S/C17H15NO2S/c1-2-20-17(18-14-9-5-3-6-10-14)16(13-19)21-15-11-7-4-8-12-15/h3-12H,2H2,1H3. The number of aliphatic imine (C=N–C) groups is 1. The van der Waals surface area contributed by atoms with Crippen LogP contribution in [0.3, 0.4) is 0 Å². The molecule has 0 unspecified atom stereocenters. The van der Waals surface area contributed by atoms with Gasteiger partial charge in [0.1, 0.15) is 5.94 Å². The highest BCUT2D eigenvalue weighted by Gasteiger charge is 2.12. The number of hydrogen-bond donors (Lipinski definition) is 0. The Labute approximate surface area is 128 Å². The molecule has 0 radical (unpaired) electrons.